The Morgan fingerprint density at radius 2 is 2.29 bits per heavy atom. The van der Waals surface area contributed by atoms with E-state index in [1.807, 2.05) is 0 Å². The van der Waals surface area contributed by atoms with Gasteiger partial charge in [-0.2, -0.15) is 0 Å². The highest BCUT2D eigenvalue weighted by atomic mass is 16.4. The van der Waals surface area contributed by atoms with Gasteiger partial charge in [-0.3, -0.25) is 9.78 Å². The summed E-state index contributed by atoms with van der Waals surface area (Å²) in [5.74, 6) is -0.950. The van der Waals surface area contributed by atoms with Crippen LogP contribution in [0.5, 0.6) is 0 Å². The van der Waals surface area contributed by atoms with Gasteiger partial charge in [0.1, 0.15) is 0 Å². The molecule has 1 heterocycles. The Bertz CT molecular complexity index is 332. The normalized spacial score (nSPS) is 14.7. The predicted octanol–water partition coefficient (Wildman–Crippen LogP) is 0.312. The van der Waals surface area contributed by atoms with Crippen LogP contribution < -0.4 is 11.5 Å². The minimum Gasteiger partial charge on any atom is -0.481 e. The van der Waals surface area contributed by atoms with E-state index in [4.69, 9.17) is 16.6 Å². The van der Waals surface area contributed by atoms with E-state index >= 15 is 0 Å². The van der Waals surface area contributed by atoms with Crippen LogP contribution in [-0.4, -0.2) is 16.1 Å². The van der Waals surface area contributed by atoms with Crippen molar-refractivity contribution in [1.29, 1.82) is 0 Å². The van der Waals surface area contributed by atoms with E-state index in [0.29, 0.717) is 11.4 Å². The highest BCUT2D eigenvalue weighted by molar-refractivity contribution is 5.68. The van der Waals surface area contributed by atoms with Crippen molar-refractivity contribution in [2.45, 2.75) is 18.9 Å². The van der Waals surface area contributed by atoms with Gasteiger partial charge in [0.15, 0.2) is 0 Å². The van der Waals surface area contributed by atoms with Crippen LogP contribution >= 0.6 is 0 Å². The Labute approximate surface area is 81.7 Å². The van der Waals surface area contributed by atoms with Crippen LogP contribution in [0.3, 0.4) is 0 Å². The Kier molecular flexibility index (Phi) is 2.71. The molecule has 0 aliphatic rings. The molecule has 76 valence electrons. The monoisotopic (exact) mass is 195 g/mol. The fraction of sp³-hybridized carbons (Fsp3) is 0.333. The van der Waals surface area contributed by atoms with Gasteiger partial charge in [-0.1, -0.05) is 0 Å². The molecule has 14 heavy (non-hydrogen) atoms. The van der Waals surface area contributed by atoms with Crippen molar-refractivity contribution in [1.82, 2.24) is 4.98 Å². The van der Waals surface area contributed by atoms with Gasteiger partial charge < -0.3 is 16.6 Å². The van der Waals surface area contributed by atoms with Crippen molar-refractivity contribution in [3.8, 4) is 0 Å². The van der Waals surface area contributed by atoms with Gasteiger partial charge in [0.05, 0.1) is 29.5 Å². The lowest BCUT2D eigenvalue weighted by Crippen LogP contribution is -2.36. The number of hydrogen-bond donors (Lipinski definition) is 3. The maximum atomic E-state index is 10.5. The van der Waals surface area contributed by atoms with E-state index in [2.05, 4.69) is 4.98 Å². The Hall–Kier alpha value is -1.62. The van der Waals surface area contributed by atoms with Crippen LogP contribution in [0.1, 0.15) is 19.0 Å². The standard InChI is InChI=1S/C9H13N3O2/c1-9(11,4-8(13)14)7-3-2-6(10)5-12-7/h2-3,5H,4,10-11H2,1H3,(H,13,14)/t9-/m1/s1. The second-order valence-corrected chi connectivity index (χ2v) is 3.46. The van der Waals surface area contributed by atoms with E-state index in [0.717, 1.165) is 0 Å². The minimum absolute atomic E-state index is 0.163. The lowest BCUT2D eigenvalue weighted by Gasteiger charge is -2.21. The molecule has 0 aromatic carbocycles. The Morgan fingerprint density at radius 3 is 2.71 bits per heavy atom. The maximum Gasteiger partial charge on any atom is 0.305 e. The molecule has 5 heteroatoms. The number of nitrogens with two attached hydrogens (primary N) is 2. The van der Waals surface area contributed by atoms with Crippen LogP contribution in [0.2, 0.25) is 0 Å². The van der Waals surface area contributed by atoms with Crippen LogP contribution in [0, 0.1) is 0 Å². The number of carbonyl (C=O) groups is 1. The summed E-state index contributed by atoms with van der Waals surface area (Å²) < 4.78 is 0. The number of nitrogens with zero attached hydrogens (tertiary/aromatic N) is 1. The summed E-state index contributed by atoms with van der Waals surface area (Å²) in [5.41, 5.74) is 11.3. The van der Waals surface area contributed by atoms with E-state index in [1.165, 1.54) is 6.20 Å². The van der Waals surface area contributed by atoms with Crippen molar-refractivity contribution in [3.05, 3.63) is 24.0 Å². The van der Waals surface area contributed by atoms with Crippen molar-refractivity contribution < 1.29 is 9.90 Å². The Balaban J connectivity index is 2.91. The maximum absolute atomic E-state index is 10.5. The molecule has 5 N–H and O–H groups in total. The molecule has 1 rings (SSSR count). The van der Waals surface area contributed by atoms with Crippen molar-refractivity contribution in [2.24, 2.45) is 5.73 Å². The summed E-state index contributed by atoms with van der Waals surface area (Å²) in [6.45, 7) is 1.62. The zero-order chi connectivity index (χ0) is 10.8. The largest absolute Gasteiger partial charge is 0.481 e. The predicted molar refractivity (Wildman–Crippen MR) is 52.4 cm³/mol. The van der Waals surface area contributed by atoms with Gasteiger partial charge >= 0.3 is 5.97 Å². The first-order valence-corrected chi connectivity index (χ1v) is 4.14. The smallest absolute Gasteiger partial charge is 0.305 e. The number of aliphatic carboxylic acids is 1. The highest BCUT2D eigenvalue weighted by Gasteiger charge is 2.25. The molecule has 0 amide bonds. The number of anilines is 1. The fourth-order valence-corrected chi connectivity index (χ4v) is 1.15. The molecule has 0 spiro atoms. The van der Waals surface area contributed by atoms with Crippen LogP contribution in [0.25, 0.3) is 0 Å². The number of carboxylic acids is 1. The van der Waals surface area contributed by atoms with E-state index in [9.17, 15) is 4.79 Å². The molecule has 0 saturated heterocycles. The molecular weight excluding hydrogens is 182 g/mol. The summed E-state index contributed by atoms with van der Waals surface area (Å²) in [4.78, 5) is 14.5. The lowest BCUT2D eigenvalue weighted by atomic mass is 9.94. The fourth-order valence-electron chi connectivity index (χ4n) is 1.15. The van der Waals surface area contributed by atoms with Crippen LogP contribution in [-0.2, 0) is 10.3 Å². The van der Waals surface area contributed by atoms with E-state index in [-0.39, 0.29) is 6.42 Å². The van der Waals surface area contributed by atoms with Gasteiger partial charge in [0, 0.05) is 0 Å². The third-order valence-electron chi connectivity index (χ3n) is 1.89. The molecule has 0 fully saturated rings. The molecule has 5 nitrogen and oxygen atoms in total. The highest BCUT2D eigenvalue weighted by Crippen LogP contribution is 2.19. The summed E-state index contributed by atoms with van der Waals surface area (Å²) in [6.07, 6.45) is 1.30. The molecule has 0 aliphatic carbocycles. The second-order valence-electron chi connectivity index (χ2n) is 3.46. The van der Waals surface area contributed by atoms with Crippen LogP contribution in [0.4, 0.5) is 5.69 Å². The van der Waals surface area contributed by atoms with Crippen molar-refractivity contribution in [2.75, 3.05) is 5.73 Å². The van der Waals surface area contributed by atoms with Gasteiger partial charge in [-0.05, 0) is 19.1 Å². The summed E-state index contributed by atoms with van der Waals surface area (Å²) in [5, 5.41) is 8.63. The summed E-state index contributed by atoms with van der Waals surface area (Å²) in [6, 6.07) is 3.29. The summed E-state index contributed by atoms with van der Waals surface area (Å²) >= 11 is 0. The molecule has 1 aromatic rings. The first-order valence-electron chi connectivity index (χ1n) is 4.14. The minimum atomic E-state index is -0.959. The van der Waals surface area contributed by atoms with Gasteiger partial charge in [-0.25, -0.2) is 0 Å². The quantitative estimate of drug-likeness (QED) is 0.644. The number of rotatable bonds is 3. The van der Waals surface area contributed by atoms with Crippen LogP contribution in [0.15, 0.2) is 18.3 Å². The molecule has 0 bridgehead atoms. The third kappa shape index (κ3) is 2.43. The molecule has 0 saturated carbocycles. The topological polar surface area (TPSA) is 102 Å². The second kappa shape index (κ2) is 3.63. The molecule has 0 aliphatic heterocycles. The van der Waals surface area contributed by atoms with Crippen molar-refractivity contribution in [3.63, 3.8) is 0 Å². The van der Waals surface area contributed by atoms with Gasteiger partial charge in [0.25, 0.3) is 0 Å². The summed E-state index contributed by atoms with van der Waals surface area (Å²) in [7, 11) is 0. The van der Waals surface area contributed by atoms with Gasteiger partial charge in [-0.15, -0.1) is 0 Å². The number of carboxylic acid groups (broad SMARTS) is 1. The number of aromatic nitrogens is 1. The first-order chi connectivity index (χ1) is 6.42. The van der Waals surface area contributed by atoms with E-state index in [1.54, 1.807) is 19.1 Å². The van der Waals surface area contributed by atoms with Gasteiger partial charge in [0.2, 0.25) is 0 Å². The molecule has 0 unspecified atom stereocenters. The molecule has 0 radical (unpaired) electrons. The van der Waals surface area contributed by atoms with Crippen molar-refractivity contribution >= 4 is 11.7 Å². The average Bonchev–Trinajstić information content (AvgIpc) is 2.02. The SMILES string of the molecule is C[C@@](N)(CC(=O)O)c1ccc(N)cn1. The number of hydrogen-bond acceptors (Lipinski definition) is 4. The number of nitrogen functional groups attached to an aromatic ring is 1. The first kappa shape index (κ1) is 10.5. The molecular formula is C9H13N3O2. The zero-order valence-electron chi connectivity index (χ0n) is 7.90. The molecule has 1 aromatic heterocycles. The number of pyridine rings is 1. The third-order valence-corrected chi connectivity index (χ3v) is 1.89. The zero-order valence-corrected chi connectivity index (χ0v) is 7.90. The average molecular weight is 195 g/mol. The Morgan fingerprint density at radius 1 is 1.64 bits per heavy atom. The molecule has 1 atom stereocenters. The van der Waals surface area contributed by atoms with E-state index < -0.39 is 11.5 Å². The lowest BCUT2D eigenvalue weighted by molar-refractivity contribution is -0.138.